The van der Waals surface area contributed by atoms with Crippen molar-refractivity contribution in [2.75, 3.05) is 7.11 Å². The third-order valence-electron chi connectivity index (χ3n) is 2.24. The van der Waals surface area contributed by atoms with Gasteiger partial charge in [0.25, 0.3) is 5.69 Å². The Balaban J connectivity index is 3.12. The lowest BCUT2D eigenvalue weighted by atomic mass is 10.0. The van der Waals surface area contributed by atoms with Gasteiger partial charge in [-0.2, -0.15) is 0 Å². The Kier molecular flexibility index (Phi) is 3.84. The van der Waals surface area contributed by atoms with Crippen molar-refractivity contribution in [3.63, 3.8) is 0 Å². The molecule has 0 saturated heterocycles. The molecule has 1 aromatic carbocycles. The fourth-order valence-corrected chi connectivity index (χ4v) is 1.52. The Morgan fingerprint density at radius 1 is 1.56 bits per heavy atom. The van der Waals surface area contributed by atoms with Crippen LogP contribution in [0, 0.1) is 17.0 Å². The first-order chi connectivity index (χ1) is 7.47. The molecule has 0 saturated carbocycles. The van der Waals surface area contributed by atoms with Crippen molar-refractivity contribution in [2.45, 2.75) is 13.3 Å². The van der Waals surface area contributed by atoms with E-state index in [4.69, 9.17) is 11.6 Å². The number of methoxy groups -OCH3 is 1. The molecule has 0 aliphatic rings. The van der Waals surface area contributed by atoms with E-state index in [2.05, 4.69) is 4.74 Å². The summed E-state index contributed by atoms with van der Waals surface area (Å²) in [5.74, 6) is -0.409. The van der Waals surface area contributed by atoms with Crippen LogP contribution in [0.4, 0.5) is 5.69 Å². The quantitative estimate of drug-likeness (QED) is 0.464. The molecule has 0 aliphatic heterocycles. The lowest BCUT2D eigenvalue weighted by Crippen LogP contribution is -2.06. The smallest absolute Gasteiger partial charge is 0.309 e. The first-order valence-corrected chi connectivity index (χ1v) is 4.84. The first-order valence-electron chi connectivity index (χ1n) is 4.46. The van der Waals surface area contributed by atoms with Gasteiger partial charge in [-0.25, -0.2) is 0 Å². The lowest BCUT2D eigenvalue weighted by Gasteiger charge is -2.06. The molecule has 6 heteroatoms. The molecule has 1 rings (SSSR count). The molecule has 0 atom stereocenters. The molecule has 86 valence electrons. The van der Waals surface area contributed by atoms with Crippen LogP contribution in [0.3, 0.4) is 0 Å². The van der Waals surface area contributed by atoms with Crippen LogP contribution < -0.4 is 0 Å². The van der Waals surface area contributed by atoms with Crippen molar-refractivity contribution < 1.29 is 14.5 Å². The number of hydrogen-bond donors (Lipinski definition) is 0. The summed E-state index contributed by atoms with van der Waals surface area (Å²) in [6.45, 7) is 1.63. The number of carbonyl (C=O) groups is 1. The first kappa shape index (κ1) is 12.4. The molecule has 0 unspecified atom stereocenters. The number of halogens is 1. The van der Waals surface area contributed by atoms with Gasteiger partial charge in [-0.1, -0.05) is 17.7 Å². The highest BCUT2D eigenvalue weighted by Gasteiger charge is 2.17. The fourth-order valence-electron chi connectivity index (χ4n) is 1.27. The highest BCUT2D eigenvalue weighted by atomic mass is 35.5. The molecule has 0 bridgehead atoms. The van der Waals surface area contributed by atoms with E-state index in [-0.39, 0.29) is 17.1 Å². The number of nitro groups is 1. The molecule has 0 N–H and O–H groups in total. The molecular weight excluding hydrogens is 234 g/mol. The normalized spacial score (nSPS) is 9.94. The number of rotatable bonds is 3. The van der Waals surface area contributed by atoms with Crippen molar-refractivity contribution in [3.05, 3.63) is 38.4 Å². The number of hydrogen-bond acceptors (Lipinski definition) is 4. The number of esters is 1. The summed E-state index contributed by atoms with van der Waals surface area (Å²) >= 11 is 5.83. The molecule has 0 fully saturated rings. The van der Waals surface area contributed by atoms with E-state index in [1.165, 1.54) is 19.2 Å². The fraction of sp³-hybridized carbons (Fsp3) is 0.300. The van der Waals surface area contributed by atoms with Crippen LogP contribution in [0.2, 0.25) is 5.02 Å². The van der Waals surface area contributed by atoms with Crippen molar-refractivity contribution in [1.29, 1.82) is 0 Å². The zero-order valence-corrected chi connectivity index (χ0v) is 9.58. The van der Waals surface area contributed by atoms with E-state index in [0.29, 0.717) is 11.1 Å². The van der Waals surface area contributed by atoms with E-state index in [0.717, 1.165) is 0 Å². The molecule has 0 heterocycles. The number of nitro benzene ring substituents is 1. The Hall–Kier alpha value is -1.62. The number of ether oxygens (including phenoxy) is 1. The monoisotopic (exact) mass is 243 g/mol. The van der Waals surface area contributed by atoms with Gasteiger partial charge < -0.3 is 4.74 Å². The summed E-state index contributed by atoms with van der Waals surface area (Å²) in [6, 6.07) is 2.80. The predicted octanol–water partition coefficient (Wildman–Crippen LogP) is 2.27. The van der Waals surface area contributed by atoms with Gasteiger partial charge in [0, 0.05) is 6.07 Å². The molecule has 0 aromatic heterocycles. The molecule has 0 spiro atoms. The van der Waals surface area contributed by atoms with Crippen molar-refractivity contribution in [1.82, 2.24) is 0 Å². The van der Waals surface area contributed by atoms with Gasteiger partial charge in [-0.15, -0.1) is 0 Å². The molecule has 0 radical (unpaired) electrons. The highest BCUT2D eigenvalue weighted by Crippen LogP contribution is 2.30. The Morgan fingerprint density at radius 3 is 2.69 bits per heavy atom. The van der Waals surface area contributed by atoms with Gasteiger partial charge in [0.2, 0.25) is 0 Å². The summed E-state index contributed by atoms with van der Waals surface area (Å²) in [5.41, 5.74) is 0.997. The third-order valence-corrected chi connectivity index (χ3v) is 2.71. The molecule has 0 amide bonds. The van der Waals surface area contributed by atoms with E-state index < -0.39 is 10.9 Å². The number of carbonyl (C=O) groups excluding carboxylic acids is 1. The maximum Gasteiger partial charge on any atom is 0.309 e. The second-order valence-electron chi connectivity index (χ2n) is 3.19. The molecule has 5 nitrogen and oxygen atoms in total. The second kappa shape index (κ2) is 4.94. The average molecular weight is 244 g/mol. The lowest BCUT2D eigenvalue weighted by molar-refractivity contribution is -0.384. The van der Waals surface area contributed by atoms with Crippen LogP contribution in [-0.4, -0.2) is 18.0 Å². The topological polar surface area (TPSA) is 69.4 Å². The largest absolute Gasteiger partial charge is 0.469 e. The van der Waals surface area contributed by atoms with E-state index in [1.807, 2.05) is 0 Å². The van der Waals surface area contributed by atoms with Crippen molar-refractivity contribution in [2.24, 2.45) is 0 Å². The Labute approximate surface area is 97.1 Å². The summed E-state index contributed by atoms with van der Waals surface area (Å²) in [7, 11) is 1.28. The second-order valence-corrected chi connectivity index (χ2v) is 3.57. The van der Waals surface area contributed by atoms with Gasteiger partial charge in [-0.3, -0.25) is 14.9 Å². The van der Waals surface area contributed by atoms with Gasteiger partial charge in [0.1, 0.15) is 5.02 Å². The number of benzene rings is 1. The zero-order valence-electron chi connectivity index (χ0n) is 8.82. The standard InChI is InChI=1S/C10H10ClNO4/c1-6-7(5-9(13)16-2)3-4-8(10(6)11)12(14)15/h3-4H,5H2,1-2H3. The van der Waals surface area contributed by atoms with E-state index >= 15 is 0 Å². The summed E-state index contributed by atoms with van der Waals surface area (Å²) in [5, 5.41) is 10.7. The van der Waals surface area contributed by atoms with Crippen LogP contribution in [-0.2, 0) is 16.0 Å². The van der Waals surface area contributed by atoms with E-state index in [1.54, 1.807) is 6.92 Å². The minimum absolute atomic E-state index is 0.0556. The van der Waals surface area contributed by atoms with Gasteiger partial charge in [-0.05, 0) is 18.1 Å². The van der Waals surface area contributed by atoms with Gasteiger partial charge in [0.05, 0.1) is 18.5 Å². The molecule has 16 heavy (non-hydrogen) atoms. The summed E-state index contributed by atoms with van der Waals surface area (Å²) in [6.07, 6.45) is 0.0556. The SMILES string of the molecule is COC(=O)Cc1ccc([N+](=O)[O-])c(Cl)c1C. The van der Waals surface area contributed by atoms with Gasteiger partial charge in [0.15, 0.2) is 0 Å². The van der Waals surface area contributed by atoms with Crippen LogP contribution in [0.15, 0.2) is 12.1 Å². The van der Waals surface area contributed by atoms with Crippen LogP contribution >= 0.6 is 11.6 Å². The van der Waals surface area contributed by atoms with Crippen LogP contribution in [0.5, 0.6) is 0 Å². The Morgan fingerprint density at radius 2 is 2.19 bits per heavy atom. The Bertz CT molecular complexity index is 445. The minimum atomic E-state index is -0.558. The predicted molar refractivity (Wildman–Crippen MR) is 58.6 cm³/mol. The summed E-state index contributed by atoms with van der Waals surface area (Å²) < 4.78 is 4.51. The van der Waals surface area contributed by atoms with E-state index in [9.17, 15) is 14.9 Å². The molecule has 0 aliphatic carbocycles. The molecular formula is C10H10ClNO4. The maximum absolute atomic E-state index is 11.1. The third kappa shape index (κ3) is 2.49. The highest BCUT2D eigenvalue weighted by molar-refractivity contribution is 6.33. The number of nitrogens with zero attached hydrogens (tertiary/aromatic N) is 1. The average Bonchev–Trinajstić information content (AvgIpc) is 2.24. The maximum atomic E-state index is 11.1. The van der Waals surface area contributed by atoms with Crippen LogP contribution in [0.25, 0.3) is 0 Å². The zero-order chi connectivity index (χ0) is 12.3. The van der Waals surface area contributed by atoms with Crippen LogP contribution in [0.1, 0.15) is 11.1 Å². The van der Waals surface area contributed by atoms with Crippen molar-refractivity contribution in [3.8, 4) is 0 Å². The van der Waals surface area contributed by atoms with Gasteiger partial charge >= 0.3 is 5.97 Å². The minimum Gasteiger partial charge on any atom is -0.469 e. The summed E-state index contributed by atoms with van der Waals surface area (Å²) in [4.78, 5) is 21.1. The molecule has 1 aromatic rings. The van der Waals surface area contributed by atoms with Crippen molar-refractivity contribution >= 4 is 23.3 Å².